The van der Waals surface area contributed by atoms with E-state index in [0.717, 1.165) is 22.2 Å². The fourth-order valence-electron chi connectivity index (χ4n) is 3.82. The molecule has 0 bridgehead atoms. The molecule has 0 fully saturated rings. The molecule has 0 radical (unpaired) electrons. The molecule has 2 aromatic carbocycles. The molecule has 4 rings (SSSR count). The zero-order chi connectivity index (χ0) is 20.9. The van der Waals surface area contributed by atoms with E-state index in [1.807, 2.05) is 19.1 Å². The quantitative estimate of drug-likeness (QED) is 0.353. The van der Waals surface area contributed by atoms with E-state index in [4.69, 9.17) is 0 Å². The minimum atomic E-state index is -0.0531. The minimum absolute atomic E-state index is 0.0531. The second-order valence-corrected chi connectivity index (χ2v) is 7.96. The molecule has 2 aromatic heterocycles. The molecule has 0 atom stereocenters. The van der Waals surface area contributed by atoms with Crippen molar-refractivity contribution in [1.29, 1.82) is 0 Å². The summed E-state index contributed by atoms with van der Waals surface area (Å²) in [7, 11) is 0. The SMILES string of the molecule is CCc1cc(-c2nnc(S)n2-c2ccc3[nH]c(C(C)C)c(C)c3c2)c(O)cc1O. The van der Waals surface area contributed by atoms with Crippen molar-refractivity contribution in [3.8, 4) is 28.6 Å². The van der Waals surface area contributed by atoms with Gasteiger partial charge in [-0.2, -0.15) is 0 Å². The van der Waals surface area contributed by atoms with Crippen LogP contribution in [0, 0.1) is 6.92 Å². The van der Waals surface area contributed by atoms with Crippen molar-refractivity contribution in [3.63, 3.8) is 0 Å². The Bertz CT molecular complexity index is 1220. The minimum Gasteiger partial charge on any atom is -0.508 e. The summed E-state index contributed by atoms with van der Waals surface area (Å²) in [6, 6.07) is 9.19. The summed E-state index contributed by atoms with van der Waals surface area (Å²) in [5.74, 6) is 0.885. The predicted molar refractivity (Wildman–Crippen MR) is 117 cm³/mol. The highest BCUT2D eigenvalue weighted by atomic mass is 32.1. The van der Waals surface area contributed by atoms with E-state index < -0.39 is 0 Å². The molecular weight excluding hydrogens is 384 g/mol. The summed E-state index contributed by atoms with van der Waals surface area (Å²) in [5, 5.41) is 30.4. The number of hydrogen-bond acceptors (Lipinski definition) is 5. The maximum atomic E-state index is 10.5. The lowest BCUT2D eigenvalue weighted by molar-refractivity contribution is 0.447. The molecule has 0 aliphatic rings. The third-order valence-electron chi connectivity index (χ3n) is 5.38. The first-order valence-electron chi connectivity index (χ1n) is 9.64. The number of phenols is 2. The first-order chi connectivity index (χ1) is 13.8. The van der Waals surface area contributed by atoms with Crippen LogP contribution >= 0.6 is 12.6 Å². The number of aromatic amines is 1. The van der Waals surface area contributed by atoms with Crippen LogP contribution in [0.1, 0.15) is 43.5 Å². The largest absolute Gasteiger partial charge is 0.508 e. The van der Waals surface area contributed by atoms with Crippen molar-refractivity contribution < 1.29 is 10.2 Å². The molecule has 0 aliphatic heterocycles. The van der Waals surface area contributed by atoms with Crippen molar-refractivity contribution in [2.75, 3.05) is 0 Å². The summed E-state index contributed by atoms with van der Waals surface area (Å²) < 4.78 is 1.80. The zero-order valence-corrected chi connectivity index (χ0v) is 17.7. The van der Waals surface area contributed by atoms with Crippen LogP contribution in [0.3, 0.4) is 0 Å². The van der Waals surface area contributed by atoms with Crippen LogP contribution in [0.25, 0.3) is 28.0 Å². The third-order valence-corrected chi connectivity index (χ3v) is 5.67. The maximum absolute atomic E-state index is 10.5. The Labute approximate surface area is 174 Å². The third kappa shape index (κ3) is 3.15. The molecule has 4 aromatic rings. The lowest BCUT2D eigenvalue weighted by Gasteiger charge is -2.12. The molecule has 0 amide bonds. The van der Waals surface area contributed by atoms with Gasteiger partial charge >= 0.3 is 0 Å². The van der Waals surface area contributed by atoms with Crippen LogP contribution in [0.4, 0.5) is 0 Å². The van der Waals surface area contributed by atoms with Gasteiger partial charge in [0.25, 0.3) is 0 Å². The first kappa shape index (κ1) is 19.4. The van der Waals surface area contributed by atoms with Crippen LogP contribution < -0.4 is 0 Å². The van der Waals surface area contributed by atoms with E-state index >= 15 is 0 Å². The highest BCUT2D eigenvalue weighted by Gasteiger charge is 2.20. The number of rotatable bonds is 4. The second kappa shape index (κ2) is 7.15. The topological polar surface area (TPSA) is 87.0 Å². The van der Waals surface area contributed by atoms with E-state index in [1.165, 1.54) is 17.3 Å². The summed E-state index contributed by atoms with van der Waals surface area (Å²) in [5.41, 5.74) is 5.59. The van der Waals surface area contributed by atoms with Crippen molar-refractivity contribution in [3.05, 3.63) is 47.2 Å². The van der Waals surface area contributed by atoms with Gasteiger partial charge < -0.3 is 15.2 Å². The number of nitrogens with zero attached hydrogens (tertiary/aromatic N) is 3. The molecule has 6 nitrogen and oxygen atoms in total. The Kier molecular flexibility index (Phi) is 4.78. The molecule has 3 N–H and O–H groups in total. The van der Waals surface area contributed by atoms with Gasteiger partial charge in [-0.1, -0.05) is 20.8 Å². The van der Waals surface area contributed by atoms with Crippen LogP contribution in [-0.2, 0) is 6.42 Å². The number of thiol groups is 1. The Morgan fingerprint density at radius 1 is 1.10 bits per heavy atom. The van der Waals surface area contributed by atoms with Gasteiger partial charge in [0, 0.05) is 22.7 Å². The Morgan fingerprint density at radius 3 is 2.55 bits per heavy atom. The number of aryl methyl sites for hydroxylation is 2. The zero-order valence-electron chi connectivity index (χ0n) is 16.9. The summed E-state index contributed by atoms with van der Waals surface area (Å²) >= 11 is 4.49. The molecular formula is C22H24N4O2S. The van der Waals surface area contributed by atoms with Gasteiger partial charge in [-0.15, -0.1) is 22.8 Å². The molecule has 29 heavy (non-hydrogen) atoms. The number of hydrogen-bond donors (Lipinski definition) is 4. The van der Waals surface area contributed by atoms with Crippen molar-refractivity contribution >= 4 is 23.5 Å². The highest BCUT2D eigenvalue weighted by Crippen LogP contribution is 2.37. The van der Waals surface area contributed by atoms with Gasteiger partial charge in [0.2, 0.25) is 0 Å². The first-order valence-corrected chi connectivity index (χ1v) is 10.1. The molecule has 7 heteroatoms. The smallest absolute Gasteiger partial charge is 0.193 e. The van der Waals surface area contributed by atoms with Gasteiger partial charge in [-0.05, 0) is 54.7 Å². The molecule has 0 unspecified atom stereocenters. The monoisotopic (exact) mass is 408 g/mol. The maximum Gasteiger partial charge on any atom is 0.193 e. The van der Waals surface area contributed by atoms with Crippen LogP contribution in [0.2, 0.25) is 0 Å². The fourth-order valence-corrected chi connectivity index (χ4v) is 4.08. The van der Waals surface area contributed by atoms with E-state index in [2.05, 4.69) is 54.6 Å². The molecule has 0 spiro atoms. The predicted octanol–water partition coefficient (Wildman–Crippen LogP) is 5.11. The number of aromatic nitrogens is 4. The van der Waals surface area contributed by atoms with E-state index in [1.54, 1.807) is 10.6 Å². The fraction of sp³-hybridized carbons (Fsp3) is 0.273. The van der Waals surface area contributed by atoms with Gasteiger partial charge in [0.15, 0.2) is 11.0 Å². The number of phenolic OH excluding ortho intramolecular Hbond substituents is 2. The molecule has 0 saturated carbocycles. The lowest BCUT2D eigenvalue weighted by atomic mass is 10.0. The van der Waals surface area contributed by atoms with Crippen molar-refractivity contribution in [2.24, 2.45) is 0 Å². The average molecular weight is 409 g/mol. The molecule has 0 saturated heterocycles. The Morgan fingerprint density at radius 2 is 1.86 bits per heavy atom. The summed E-state index contributed by atoms with van der Waals surface area (Å²) in [4.78, 5) is 3.50. The number of fused-ring (bicyclic) bond motifs is 1. The standard InChI is InChI=1S/C22H24N4O2S/c1-5-13-8-16(19(28)10-18(13)27)21-24-25-22(29)26(21)14-6-7-17-15(9-14)12(4)20(23-17)11(2)3/h6-11,23,27-28H,5H2,1-4H3,(H,25,29). The van der Waals surface area contributed by atoms with Crippen molar-refractivity contribution in [1.82, 2.24) is 19.7 Å². The summed E-state index contributed by atoms with van der Waals surface area (Å²) in [6.45, 7) is 8.40. The number of H-pyrrole nitrogens is 1. The van der Waals surface area contributed by atoms with Gasteiger partial charge in [-0.3, -0.25) is 4.57 Å². The van der Waals surface area contributed by atoms with Crippen LogP contribution in [-0.4, -0.2) is 30.0 Å². The lowest BCUT2D eigenvalue weighted by Crippen LogP contribution is -1.99. The van der Waals surface area contributed by atoms with Gasteiger partial charge in [0.1, 0.15) is 11.5 Å². The van der Waals surface area contributed by atoms with E-state index in [9.17, 15) is 10.2 Å². The Hall–Kier alpha value is -2.93. The van der Waals surface area contributed by atoms with E-state index in [0.29, 0.717) is 28.9 Å². The number of aromatic hydroxyl groups is 2. The van der Waals surface area contributed by atoms with Crippen molar-refractivity contribution in [2.45, 2.75) is 45.2 Å². The number of benzene rings is 2. The second-order valence-electron chi connectivity index (χ2n) is 7.56. The Balaban J connectivity index is 1.92. The van der Waals surface area contributed by atoms with Crippen LogP contribution in [0.5, 0.6) is 11.5 Å². The average Bonchev–Trinajstić information content (AvgIpc) is 3.22. The summed E-state index contributed by atoms with van der Waals surface area (Å²) in [6.07, 6.45) is 0.632. The molecule has 2 heterocycles. The molecule has 150 valence electrons. The van der Waals surface area contributed by atoms with E-state index in [-0.39, 0.29) is 11.5 Å². The van der Waals surface area contributed by atoms with Gasteiger partial charge in [0.05, 0.1) is 11.3 Å². The van der Waals surface area contributed by atoms with Crippen LogP contribution in [0.15, 0.2) is 35.5 Å². The van der Waals surface area contributed by atoms with Gasteiger partial charge in [-0.25, -0.2) is 0 Å². The highest BCUT2D eigenvalue weighted by molar-refractivity contribution is 7.80. The molecule has 0 aliphatic carbocycles. The normalized spacial score (nSPS) is 11.7. The number of nitrogens with one attached hydrogen (secondary N) is 1.